The molecule has 3 atom stereocenters. The highest BCUT2D eigenvalue weighted by atomic mass is 16.5. The number of ether oxygens (including phenoxy) is 2. The Morgan fingerprint density at radius 1 is 1.23 bits per heavy atom. The van der Waals surface area contributed by atoms with E-state index in [4.69, 9.17) is 9.47 Å². The van der Waals surface area contributed by atoms with Gasteiger partial charge in [0.15, 0.2) is 0 Å². The molecule has 1 N–H and O–H groups in total. The van der Waals surface area contributed by atoms with E-state index < -0.39 is 0 Å². The number of amides is 1. The Hall–Kier alpha value is -1.50. The van der Waals surface area contributed by atoms with Gasteiger partial charge in [0.05, 0.1) is 6.10 Å². The Balaban J connectivity index is 1.24. The lowest BCUT2D eigenvalue weighted by Crippen LogP contribution is -2.42. The number of likely N-dealkylation sites (tertiary alicyclic amines) is 1. The van der Waals surface area contributed by atoms with Crippen molar-refractivity contribution in [2.45, 2.75) is 44.4 Å². The van der Waals surface area contributed by atoms with Crippen LogP contribution in [0.2, 0.25) is 0 Å². The lowest BCUT2D eigenvalue weighted by molar-refractivity contribution is -0.133. The summed E-state index contributed by atoms with van der Waals surface area (Å²) in [5, 5.41) is 3.12. The van der Waals surface area contributed by atoms with E-state index in [1.54, 1.807) is 0 Å². The number of carbonyl (C=O) groups is 1. The molecule has 6 nitrogen and oxygen atoms in total. The average Bonchev–Trinajstić information content (AvgIpc) is 3.11. The third-order valence-corrected chi connectivity index (χ3v) is 5.99. The Morgan fingerprint density at radius 2 is 2.04 bits per heavy atom. The summed E-state index contributed by atoms with van der Waals surface area (Å²) in [5.74, 6) is 1.14. The second-order valence-corrected chi connectivity index (χ2v) is 7.84. The highest BCUT2D eigenvalue weighted by molar-refractivity contribution is 5.81. The number of piperidine rings is 1. The van der Waals surface area contributed by atoms with Gasteiger partial charge in [-0.3, -0.25) is 14.7 Å². The minimum atomic E-state index is -0.272. The molecule has 4 rings (SSSR count). The molecule has 0 radical (unpaired) electrons. The molecule has 26 heavy (non-hydrogen) atoms. The molecular formula is C20H29N3O3. The number of rotatable bonds is 5. The lowest BCUT2D eigenvalue weighted by atomic mass is 9.91. The molecule has 3 aliphatic rings. The summed E-state index contributed by atoms with van der Waals surface area (Å²) in [6, 6.07) is 4.13. The van der Waals surface area contributed by atoms with Crippen LogP contribution in [0.25, 0.3) is 0 Å². The Bertz CT molecular complexity index is 591. The number of nitrogens with zero attached hydrogens (tertiary/aromatic N) is 2. The first-order valence-electron chi connectivity index (χ1n) is 9.90. The molecule has 142 valence electrons. The van der Waals surface area contributed by atoms with Crippen LogP contribution < -0.4 is 5.32 Å². The first-order valence-corrected chi connectivity index (χ1v) is 9.90. The molecule has 0 aliphatic carbocycles. The second-order valence-electron chi connectivity index (χ2n) is 7.84. The van der Waals surface area contributed by atoms with E-state index in [1.807, 2.05) is 12.4 Å². The zero-order valence-electron chi connectivity index (χ0n) is 15.3. The van der Waals surface area contributed by atoms with Gasteiger partial charge in [-0.1, -0.05) is 0 Å². The maximum atomic E-state index is 12.5. The van der Waals surface area contributed by atoms with E-state index in [0.717, 1.165) is 65.1 Å². The molecule has 0 unspecified atom stereocenters. The van der Waals surface area contributed by atoms with Gasteiger partial charge in [-0.2, -0.15) is 0 Å². The van der Waals surface area contributed by atoms with Crippen molar-refractivity contribution in [2.24, 2.45) is 11.8 Å². The maximum Gasteiger partial charge on any atom is 0.249 e. The topological polar surface area (TPSA) is 63.7 Å². The van der Waals surface area contributed by atoms with E-state index in [2.05, 4.69) is 27.3 Å². The molecular weight excluding hydrogens is 330 g/mol. The fourth-order valence-corrected chi connectivity index (χ4v) is 4.36. The minimum absolute atomic E-state index is 0.0755. The van der Waals surface area contributed by atoms with Crippen LogP contribution in [0.5, 0.6) is 0 Å². The van der Waals surface area contributed by atoms with Crippen molar-refractivity contribution in [3.05, 3.63) is 30.1 Å². The SMILES string of the molecule is O=C(NCC1CCOCC1)[C@H]1C[C@@H]2CCN(Cc3ccncc3)C[C@H]2O1. The number of aromatic nitrogens is 1. The summed E-state index contributed by atoms with van der Waals surface area (Å²) in [7, 11) is 0. The van der Waals surface area contributed by atoms with Crippen LogP contribution in [0, 0.1) is 11.8 Å². The van der Waals surface area contributed by atoms with Gasteiger partial charge in [0.2, 0.25) is 5.91 Å². The predicted octanol–water partition coefficient (Wildman–Crippen LogP) is 1.60. The van der Waals surface area contributed by atoms with Gasteiger partial charge in [-0.05, 0) is 61.8 Å². The summed E-state index contributed by atoms with van der Waals surface area (Å²) in [4.78, 5) is 19.0. The first kappa shape index (κ1) is 17.9. The van der Waals surface area contributed by atoms with Crippen LogP contribution in [-0.2, 0) is 20.8 Å². The number of pyridine rings is 1. The van der Waals surface area contributed by atoms with Crippen LogP contribution in [0.4, 0.5) is 0 Å². The van der Waals surface area contributed by atoms with Gasteiger partial charge in [-0.15, -0.1) is 0 Å². The van der Waals surface area contributed by atoms with Gasteiger partial charge < -0.3 is 14.8 Å². The first-order chi connectivity index (χ1) is 12.8. The predicted molar refractivity (Wildman–Crippen MR) is 97.5 cm³/mol. The third kappa shape index (κ3) is 4.42. The summed E-state index contributed by atoms with van der Waals surface area (Å²) in [6.45, 7) is 5.30. The number of fused-ring (bicyclic) bond motifs is 1. The molecule has 3 fully saturated rings. The van der Waals surface area contributed by atoms with Gasteiger partial charge in [0.1, 0.15) is 6.10 Å². The Labute approximate surface area is 155 Å². The number of hydrogen-bond donors (Lipinski definition) is 1. The van der Waals surface area contributed by atoms with Crippen molar-refractivity contribution in [3.8, 4) is 0 Å². The molecule has 0 saturated carbocycles. The fourth-order valence-electron chi connectivity index (χ4n) is 4.36. The van der Waals surface area contributed by atoms with Gasteiger partial charge >= 0.3 is 0 Å². The average molecular weight is 359 g/mol. The largest absolute Gasteiger partial charge is 0.381 e. The normalized spacial score (nSPS) is 30.1. The third-order valence-electron chi connectivity index (χ3n) is 5.99. The quantitative estimate of drug-likeness (QED) is 0.865. The highest BCUT2D eigenvalue weighted by Gasteiger charge is 2.41. The molecule has 0 spiro atoms. The van der Waals surface area contributed by atoms with Crippen LogP contribution in [-0.4, -0.2) is 60.8 Å². The highest BCUT2D eigenvalue weighted by Crippen LogP contribution is 2.33. The van der Waals surface area contributed by atoms with Crippen molar-refractivity contribution >= 4 is 5.91 Å². The van der Waals surface area contributed by atoms with Crippen LogP contribution in [0.15, 0.2) is 24.5 Å². The lowest BCUT2D eigenvalue weighted by Gasteiger charge is -2.34. The van der Waals surface area contributed by atoms with Crippen molar-refractivity contribution in [1.29, 1.82) is 0 Å². The number of carbonyl (C=O) groups excluding carboxylic acids is 1. The minimum Gasteiger partial charge on any atom is -0.381 e. The van der Waals surface area contributed by atoms with E-state index >= 15 is 0 Å². The maximum absolute atomic E-state index is 12.5. The summed E-state index contributed by atoms with van der Waals surface area (Å²) in [5.41, 5.74) is 1.28. The summed E-state index contributed by atoms with van der Waals surface area (Å²) >= 11 is 0. The van der Waals surface area contributed by atoms with E-state index in [-0.39, 0.29) is 18.1 Å². The molecule has 1 aromatic heterocycles. The molecule has 3 saturated heterocycles. The molecule has 1 aromatic rings. The van der Waals surface area contributed by atoms with Gasteiger partial charge in [0, 0.05) is 45.2 Å². The summed E-state index contributed by atoms with van der Waals surface area (Å²) < 4.78 is 11.5. The van der Waals surface area contributed by atoms with Crippen molar-refractivity contribution in [3.63, 3.8) is 0 Å². The zero-order valence-corrected chi connectivity index (χ0v) is 15.3. The second kappa shape index (κ2) is 8.46. The van der Waals surface area contributed by atoms with Gasteiger partial charge in [0.25, 0.3) is 0 Å². The molecule has 1 amide bonds. The summed E-state index contributed by atoms with van der Waals surface area (Å²) in [6.07, 6.45) is 7.66. The standard InChI is InChI=1S/C20H29N3O3/c24-20(22-12-15-4-9-25-10-5-15)18-11-17-3-8-23(14-19(17)26-18)13-16-1-6-21-7-2-16/h1-2,6-7,15,17-19H,3-5,8-14H2,(H,22,24)/t17-,18+,19+/m0/s1. The monoisotopic (exact) mass is 359 g/mol. The van der Waals surface area contributed by atoms with Crippen LogP contribution >= 0.6 is 0 Å². The van der Waals surface area contributed by atoms with Crippen LogP contribution in [0.3, 0.4) is 0 Å². The molecule has 0 aromatic carbocycles. The van der Waals surface area contributed by atoms with Crippen molar-refractivity contribution < 1.29 is 14.3 Å². The molecule has 3 aliphatic heterocycles. The molecule has 0 bridgehead atoms. The smallest absolute Gasteiger partial charge is 0.249 e. The number of nitrogens with one attached hydrogen (secondary N) is 1. The van der Waals surface area contributed by atoms with Crippen LogP contribution in [0.1, 0.15) is 31.2 Å². The van der Waals surface area contributed by atoms with Crippen molar-refractivity contribution in [1.82, 2.24) is 15.2 Å². The van der Waals surface area contributed by atoms with Gasteiger partial charge in [-0.25, -0.2) is 0 Å². The Morgan fingerprint density at radius 3 is 2.85 bits per heavy atom. The molecule has 6 heteroatoms. The van der Waals surface area contributed by atoms with E-state index in [1.165, 1.54) is 5.56 Å². The van der Waals surface area contributed by atoms with E-state index in [9.17, 15) is 4.79 Å². The Kier molecular flexibility index (Phi) is 5.82. The zero-order chi connectivity index (χ0) is 17.8. The van der Waals surface area contributed by atoms with Crippen molar-refractivity contribution in [2.75, 3.05) is 32.8 Å². The van der Waals surface area contributed by atoms with E-state index in [0.29, 0.717) is 11.8 Å². The number of hydrogen-bond acceptors (Lipinski definition) is 5. The molecule has 4 heterocycles. The fraction of sp³-hybridized carbons (Fsp3) is 0.700.